The largest absolute Gasteiger partial charge is 0.324 e. The van der Waals surface area contributed by atoms with Crippen LogP contribution in [0, 0.1) is 0 Å². The summed E-state index contributed by atoms with van der Waals surface area (Å²) in [6.07, 6.45) is 0.609. The van der Waals surface area contributed by atoms with E-state index in [1.165, 1.54) is 0 Å². The maximum Gasteiger partial charge on any atom is 0.181 e. The Morgan fingerprint density at radius 2 is 2.13 bits per heavy atom. The third-order valence-corrected chi connectivity index (χ3v) is 5.23. The van der Waals surface area contributed by atoms with Gasteiger partial charge in [0.05, 0.1) is 10.1 Å². The van der Waals surface area contributed by atoms with Crippen LogP contribution in [0.5, 0.6) is 0 Å². The molecule has 0 fully saturated rings. The van der Waals surface area contributed by atoms with Crippen LogP contribution in [0.4, 0.5) is 0 Å². The first-order chi connectivity index (χ1) is 6.94. The first kappa shape index (κ1) is 10.6. The Morgan fingerprint density at radius 3 is 2.73 bits per heavy atom. The van der Waals surface area contributed by atoms with Crippen molar-refractivity contribution in [1.82, 2.24) is 0 Å². The minimum Gasteiger partial charge on any atom is -0.324 e. The molecule has 0 bridgehead atoms. The molecular weight excluding hydrogens is 210 g/mol. The van der Waals surface area contributed by atoms with Crippen molar-refractivity contribution in [2.45, 2.75) is 36.5 Å². The monoisotopic (exact) mass is 225 g/mol. The molecule has 2 unspecified atom stereocenters. The standard InChI is InChI=1S/C11H15NO2S/c1-7-6-9-4-3-5-10(8(2)12)11(9)15(7,13)14/h3-5,7-8H,6,12H2,1-2H3. The van der Waals surface area contributed by atoms with Gasteiger partial charge in [-0.3, -0.25) is 0 Å². The van der Waals surface area contributed by atoms with Crippen LogP contribution in [0.3, 0.4) is 0 Å². The smallest absolute Gasteiger partial charge is 0.181 e. The number of nitrogens with two attached hydrogens (primary N) is 1. The summed E-state index contributed by atoms with van der Waals surface area (Å²) in [6.45, 7) is 3.56. The second kappa shape index (κ2) is 3.32. The van der Waals surface area contributed by atoms with Crippen molar-refractivity contribution in [3.63, 3.8) is 0 Å². The minimum atomic E-state index is -3.14. The highest BCUT2D eigenvalue weighted by atomic mass is 32.2. The minimum absolute atomic E-state index is 0.236. The zero-order chi connectivity index (χ0) is 11.2. The summed E-state index contributed by atoms with van der Waals surface area (Å²) in [4.78, 5) is 0.479. The highest BCUT2D eigenvalue weighted by molar-refractivity contribution is 7.92. The third-order valence-electron chi connectivity index (χ3n) is 2.94. The second-order valence-corrected chi connectivity index (χ2v) is 6.49. The maximum absolute atomic E-state index is 12.1. The predicted octanol–water partition coefficient (Wildman–Crippen LogP) is 1.42. The number of fused-ring (bicyclic) bond motifs is 1. The molecule has 3 nitrogen and oxygen atoms in total. The Bertz CT molecular complexity index is 491. The molecule has 0 saturated carbocycles. The van der Waals surface area contributed by atoms with E-state index in [2.05, 4.69) is 0 Å². The quantitative estimate of drug-likeness (QED) is 0.786. The molecule has 0 aliphatic carbocycles. The molecule has 2 atom stereocenters. The van der Waals surface area contributed by atoms with Gasteiger partial charge in [0.1, 0.15) is 0 Å². The number of hydrogen-bond acceptors (Lipinski definition) is 3. The van der Waals surface area contributed by atoms with Crippen LogP contribution in [-0.2, 0) is 16.3 Å². The van der Waals surface area contributed by atoms with Gasteiger partial charge in [0.2, 0.25) is 0 Å². The first-order valence-electron chi connectivity index (χ1n) is 5.06. The molecular formula is C11H15NO2S. The summed E-state index contributed by atoms with van der Waals surface area (Å²) in [5.41, 5.74) is 7.45. The Hall–Kier alpha value is -0.870. The van der Waals surface area contributed by atoms with Gasteiger partial charge in [0.15, 0.2) is 9.84 Å². The third kappa shape index (κ3) is 1.48. The van der Waals surface area contributed by atoms with Crippen LogP contribution < -0.4 is 5.73 Å². The average Bonchev–Trinajstić information content (AvgIpc) is 2.38. The average molecular weight is 225 g/mol. The Kier molecular flexibility index (Phi) is 2.35. The molecule has 1 aliphatic heterocycles. The summed E-state index contributed by atoms with van der Waals surface area (Å²) >= 11 is 0. The van der Waals surface area contributed by atoms with E-state index in [0.717, 1.165) is 11.1 Å². The van der Waals surface area contributed by atoms with Crippen molar-refractivity contribution in [3.05, 3.63) is 29.3 Å². The molecule has 0 saturated heterocycles. The highest BCUT2D eigenvalue weighted by Gasteiger charge is 2.36. The molecule has 1 aromatic rings. The maximum atomic E-state index is 12.1. The van der Waals surface area contributed by atoms with Crippen molar-refractivity contribution < 1.29 is 8.42 Å². The molecule has 15 heavy (non-hydrogen) atoms. The molecule has 1 aliphatic rings. The van der Waals surface area contributed by atoms with E-state index >= 15 is 0 Å². The van der Waals surface area contributed by atoms with Crippen molar-refractivity contribution in [2.75, 3.05) is 0 Å². The lowest BCUT2D eigenvalue weighted by Gasteiger charge is -2.11. The van der Waals surface area contributed by atoms with Crippen LogP contribution in [0.15, 0.2) is 23.1 Å². The van der Waals surface area contributed by atoms with E-state index in [1.807, 2.05) is 19.1 Å². The molecule has 0 aromatic heterocycles. The highest BCUT2D eigenvalue weighted by Crippen LogP contribution is 2.35. The van der Waals surface area contributed by atoms with Crippen LogP contribution in [0.1, 0.15) is 31.0 Å². The fourth-order valence-corrected chi connectivity index (χ4v) is 3.99. The van der Waals surface area contributed by atoms with Crippen molar-refractivity contribution in [3.8, 4) is 0 Å². The lowest BCUT2D eigenvalue weighted by molar-refractivity contribution is 0.588. The summed E-state index contributed by atoms with van der Waals surface area (Å²) in [7, 11) is -3.14. The fraction of sp³-hybridized carbons (Fsp3) is 0.455. The normalized spacial score (nSPS) is 24.9. The van der Waals surface area contributed by atoms with Crippen LogP contribution in [0.25, 0.3) is 0 Å². The van der Waals surface area contributed by atoms with Crippen LogP contribution in [0.2, 0.25) is 0 Å². The Balaban J connectivity index is 2.73. The number of hydrogen-bond donors (Lipinski definition) is 1. The summed E-state index contributed by atoms with van der Waals surface area (Å²) in [5, 5.41) is -0.313. The lowest BCUT2D eigenvalue weighted by atomic mass is 10.0. The molecule has 4 heteroatoms. The van der Waals surface area contributed by atoms with E-state index in [-0.39, 0.29) is 11.3 Å². The summed E-state index contributed by atoms with van der Waals surface area (Å²) < 4.78 is 24.1. The van der Waals surface area contributed by atoms with Gasteiger partial charge >= 0.3 is 0 Å². The van der Waals surface area contributed by atoms with Gasteiger partial charge in [0, 0.05) is 6.04 Å². The Labute approximate surface area is 90.2 Å². The first-order valence-corrected chi connectivity index (χ1v) is 6.60. The molecule has 0 radical (unpaired) electrons. The fourth-order valence-electron chi connectivity index (χ4n) is 2.09. The zero-order valence-electron chi connectivity index (χ0n) is 8.90. The van der Waals surface area contributed by atoms with Gasteiger partial charge in [-0.25, -0.2) is 8.42 Å². The molecule has 82 valence electrons. The van der Waals surface area contributed by atoms with Crippen molar-refractivity contribution >= 4 is 9.84 Å². The van der Waals surface area contributed by atoms with E-state index in [0.29, 0.717) is 11.3 Å². The Morgan fingerprint density at radius 1 is 1.47 bits per heavy atom. The molecule has 0 amide bonds. The number of rotatable bonds is 1. The number of sulfone groups is 1. The molecule has 2 rings (SSSR count). The molecule has 1 aromatic carbocycles. The van der Waals surface area contributed by atoms with Gasteiger partial charge in [-0.1, -0.05) is 18.2 Å². The second-order valence-electron chi connectivity index (χ2n) is 4.18. The predicted molar refractivity (Wildman–Crippen MR) is 59.4 cm³/mol. The van der Waals surface area contributed by atoms with Crippen molar-refractivity contribution in [2.24, 2.45) is 5.73 Å². The zero-order valence-corrected chi connectivity index (χ0v) is 9.71. The SMILES string of the molecule is CC(N)c1cccc2c1S(=O)(=O)C(C)C2. The number of benzene rings is 1. The van der Waals surface area contributed by atoms with E-state index in [9.17, 15) is 8.42 Å². The molecule has 1 heterocycles. The van der Waals surface area contributed by atoms with Gasteiger partial charge in [-0.05, 0) is 31.4 Å². The van der Waals surface area contributed by atoms with Gasteiger partial charge in [-0.15, -0.1) is 0 Å². The summed E-state index contributed by atoms with van der Waals surface area (Å²) in [6, 6.07) is 5.33. The van der Waals surface area contributed by atoms with Gasteiger partial charge < -0.3 is 5.73 Å². The van der Waals surface area contributed by atoms with E-state index in [1.54, 1.807) is 13.0 Å². The van der Waals surface area contributed by atoms with Gasteiger partial charge in [-0.2, -0.15) is 0 Å². The van der Waals surface area contributed by atoms with Crippen LogP contribution >= 0.6 is 0 Å². The topological polar surface area (TPSA) is 60.2 Å². The van der Waals surface area contributed by atoms with Crippen LogP contribution in [-0.4, -0.2) is 13.7 Å². The summed E-state index contributed by atoms with van der Waals surface area (Å²) in [5.74, 6) is 0. The van der Waals surface area contributed by atoms with Crippen molar-refractivity contribution in [1.29, 1.82) is 0 Å². The molecule has 0 spiro atoms. The lowest BCUT2D eigenvalue weighted by Crippen LogP contribution is -2.15. The van der Waals surface area contributed by atoms with Gasteiger partial charge in [0.25, 0.3) is 0 Å². The molecule has 2 N–H and O–H groups in total. The van der Waals surface area contributed by atoms with E-state index in [4.69, 9.17) is 5.73 Å². The van der Waals surface area contributed by atoms with E-state index < -0.39 is 9.84 Å².